The lowest BCUT2D eigenvalue weighted by atomic mass is 10.2. The lowest BCUT2D eigenvalue weighted by Crippen LogP contribution is -2.39. The van der Waals surface area contributed by atoms with Gasteiger partial charge in [0.2, 0.25) is 0 Å². The van der Waals surface area contributed by atoms with Crippen LogP contribution in [-0.2, 0) is 4.74 Å². The largest absolute Gasteiger partial charge is 0.444 e. The van der Waals surface area contributed by atoms with Gasteiger partial charge in [-0.15, -0.1) is 18.2 Å². The van der Waals surface area contributed by atoms with E-state index in [2.05, 4.69) is 11.9 Å². The quantitative estimate of drug-likeness (QED) is 0.576. The minimum absolute atomic E-state index is 0.0368. The maximum atomic E-state index is 11.2. The molecule has 2 N–H and O–H groups in total. The Balaban J connectivity index is 3.86. The highest BCUT2D eigenvalue weighted by Gasteiger charge is 2.18. The number of halogens is 1. The van der Waals surface area contributed by atoms with Crippen LogP contribution in [-0.4, -0.2) is 34.8 Å². The topological polar surface area (TPSA) is 58.6 Å². The zero-order chi connectivity index (χ0) is 12.1. The molecule has 0 aromatic carbocycles. The van der Waals surface area contributed by atoms with Crippen LogP contribution in [0.2, 0.25) is 0 Å². The molecule has 2 unspecified atom stereocenters. The normalized spacial score (nSPS) is 15.3. The number of rotatable bonds is 4. The van der Waals surface area contributed by atoms with Crippen molar-refractivity contribution >= 4 is 17.7 Å². The van der Waals surface area contributed by atoms with E-state index in [4.69, 9.17) is 16.3 Å². The van der Waals surface area contributed by atoms with E-state index in [0.29, 0.717) is 0 Å². The Morgan fingerprint density at radius 1 is 1.67 bits per heavy atom. The average Bonchev–Trinajstić information content (AvgIpc) is 2.10. The van der Waals surface area contributed by atoms with Crippen LogP contribution < -0.4 is 5.32 Å². The van der Waals surface area contributed by atoms with Gasteiger partial charge in [0.1, 0.15) is 5.60 Å². The number of alkyl carbamates (subject to hydrolysis) is 1. The van der Waals surface area contributed by atoms with Crippen molar-refractivity contribution in [3.63, 3.8) is 0 Å². The lowest BCUT2D eigenvalue weighted by molar-refractivity contribution is 0.0494. The molecule has 88 valence electrons. The molecule has 2 atom stereocenters. The summed E-state index contributed by atoms with van der Waals surface area (Å²) in [6.45, 7) is 8.75. The van der Waals surface area contributed by atoms with Crippen LogP contribution in [0.15, 0.2) is 12.7 Å². The van der Waals surface area contributed by atoms with Crippen LogP contribution in [0.5, 0.6) is 0 Å². The Morgan fingerprint density at radius 2 is 2.20 bits per heavy atom. The van der Waals surface area contributed by atoms with Gasteiger partial charge in [-0.2, -0.15) is 0 Å². The average molecular weight is 236 g/mol. The molecular weight excluding hydrogens is 218 g/mol. The molecule has 1 amide bonds. The molecule has 0 aromatic heterocycles. The Morgan fingerprint density at radius 3 is 2.60 bits per heavy atom. The van der Waals surface area contributed by atoms with Gasteiger partial charge in [0.15, 0.2) is 0 Å². The number of alkyl halides is 1. The fraction of sp³-hybridized carbons (Fsp3) is 0.700. The van der Waals surface area contributed by atoms with Crippen molar-refractivity contribution in [1.29, 1.82) is 0 Å². The maximum Gasteiger partial charge on any atom is 0.407 e. The van der Waals surface area contributed by atoms with Gasteiger partial charge < -0.3 is 15.2 Å². The van der Waals surface area contributed by atoms with E-state index in [1.54, 1.807) is 20.8 Å². The fourth-order valence-electron chi connectivity index (χ4n) is 0.772. The van der Waals surface area contributed by atoms with Gasteiger partial charge in [-0.25, -0.2) is 4.79 Å². The number of hydrogen-bond donors (Lipinski definition) is 2. The minimum atomic E-state index is -0.864. The highest BCUT2D eigenvalue weighted by atomic mass is 35.5. The smallest absolute Gasteiger partial charge is 0.407 e. The third-order valence-electron chi connectivity index (χ3n) is 1.45. The van der Waals surface area contributed by atoms with E-state index >= 15 is 0 Å². The monoisotopic (exact) mass is 235 g/mol. The summed E-state index contributed by atoms with van der Waals surface area (Å²) in [4.78, 5) is 11.2. The summed E-state index contributed by atoms with van der Waals surface area (Å²) >= 11 is 5.67. The molecule has 0 aliphatic rings. The second-order valence-electron chi connectivity index (χ2n) is 4.13. The van der Waals surface area contributed by atoms with Crippen molar-refractivity contribution < 1.29 is 14.6 Å². The molecule has 5 heteroatoms. The van der Waals surface area contributed by atoms with Gasteiger partial charge in [-0.1, -0.05) is 6.08 Å². The molecule has 0 fully saturated rings. The maximum absolute atomic E-state index is 11.2. The summed E-state index contributed by atoms with van der Waals surface area (Å²) in [5.41, 5.74) is -0.548. The molecule has 4 nitrogen and oxygen atoms in total. The Hall–Kier alpha value is -0.740. The first-order valence-electron chi connectivity index (χ1n) is 4.68. The first-order valence-corrected chi connectivity index (χ1v) is 5.11. The zero-order valence-corrected chi connectivity index (χ0v) is 10.0. The van der Waals surface area contributed by atoms with Crippen LogP contribution >= 0.6 is 11.6 Å². The van der Waals surface area contributed by atoms with E-state index in [9.17, 15) is 9.90 Å². The van der Waals surface area contributed by atoms with E-state index in [1.807, 2.05) is 0 Å². The first kappa shape index (κ1) is 14.3. The lowest BCUT2D eigenvalue weighted by Gasteiger charge is -2.21. The van der Waals surface area contributed by atoms with Crippen molar-refractivity contribution in [1.82, 2.24) is 5.32 Å². The number of carbonyl (C=O) groups is 1. The predicted molar refractivity (Wildman–Crippen MR) is 60.1 cm³/mol. The number of nitrogens with one attached hydrogen (secondary N) is 1. The second kappa shape index (κ2) is 5.98. The van der Waals surface area contributed by atoms with Gasteiger partial charge in [-0.05, 0) is 20.8 Å². The van der Waals surface area contributed by atoms with Crippen molar-refractivity contribution in [3.05, 3.63) is 12.7 Å². The van der Waals surface area contributed by atoms with Crippen LogP contribution in [0, 0.1) is 0 Å². The Kier molecular flexibility index (Phi) is 5.68. The molecule has 0 rings (SSSR count). The van der Waals surface area contributed by atoms with Gasteiger partial charge in [0, 0.05) is 6.54 Å². The number of amides is 1. The summed E-state index contributed by atoms with van der Waals surface area (Å²) in [7, 11) is 0. The molecule has 0 heterocycles. The molecule has 0 aromatic rings. The van der Waals surface area contributed by atoms with Gasteiger partial charge in [0.05, 0.1) is 11.5 Å². The third kappa shape index (κ3) is 7.22. The summed E-state index contributed by atoms with van der Waals surface area (Å²) in [5, 5.41) is 11.2. The molecule has 15 heavy (non-hydrogen) atoms. The van der Waals surface area contributed by atoms with E-state index in [-0.39, 0.29) is 6.54 Å². The molecule has 0 spiro atoms. The number of hydrogen-bond acceptors (Lipinski definition) is 3. The summed E-state index contributed by atoms with van der Waals surface area (Å²) in [5.74, 6) is 0. The van der Waals surface area contributed by atoms with Crippen molar-refractivity contribution in [2.75, 3.05) is 6.54 Å². The molecule has 0 saturated carbocycles. The summed E-state index contributed by atoms with van der Waals surface area (Å²) < 4.78 is 4.97. The number of ether oxygens (including phenoxy) is 1. The number of aliphatic hydroxyl groups is 1. The van der Waals surface area contributed by atoms with Gasteiger partial charge >= 0.3 is 6.09 Å². The molecule has 0 aliphatic carbocycles. The predicted octanol–water partition coefficient (Wildman–Crippen LogP) is 1.67. The highest BCUT2D eigenvalue weighted by Crippen LogP contribution is 2.07. The number of aliphatic hydroxyl groups excluding tert-OH is 1. The van der Waals surface area contributed by atoms with Crippen molar-refractivity contribution in [3.8, 4) is 0 Å². The molecule has 0 radical (unpaired) electrons. The Labute approximate surface area is 95.3 Å². The summed E-state index contributed by atoms with van der Waals surface area (Å²) in [6, 6.07) is 0. The third-order valence-corrected chi connectivity index (χ3v) is 1.92. The van der Waals surface area contributed by atoms with Crippen LogP contribution in [0.25, 0.3) is 0 Å². The van der Waals surface area contributed by atoms with Crippen LogP contribution in [0.4, 0.5) is 4.79 Å². The molecular formula is C10H18ClNO3. The van der Waals surface area contributed by atoms with E-state index in [0.717, 1.165) is 0 Å². The van der Waals surface area contributed by atoms with Gasteiger partial charge in [0.25, 0.3) is 0 Å². The highest BCUT2D eigenvalue weighted by molar-refractivity contribution is 6.22. The van der Waals surface area contributed by atoms with Crippen LogP contribution in [0.3, 0.4) is 0 Å². The van der Waals surface area contributed by atoms with Crippen molar-refractivity contribution in [2.45, 2.75) is 37.9 Å². The Bertz CT molecular complexity index is 225. The summed E-state index contributed by atoms with van der Waals surface area (Å²) in [6.07, 6.45) is -0.0330. The molecule has 0 bridgehead atoms. The molecule has 0 aliphatic heterocycles. The van der Waals surface area contributed by atoms with Crippen LogP contribution in [0.1, 0.15) is 20.8 Å². The van der Waals surface area contributed by atoms with Crippen molar-refractivity contribution in [2.24, 2.45) is 0 Å². The minimum Gasteiger partial charge on any atom is -0.444 e. The van der Waals surface area contributed by atoms with E-state index in [1.165, 1.54) is 6.08 Å². The van der Waals surface area contributed by atoms with Gasteiger partial charge in [-0.3, -0.25) is 0 Å². The van der Waals surface area contributed by atoms with E-state index < -0.39 is 23.2 Å². The standard InChI is InChI=1S/C10H18ClNO3/c1-5-7(11)8(13)6-12-9(14)15-10(2,3)4/h5,7-8,13H,1,6H2,2-4H3,(H,12,14). The first-order chi connectivity index (χ1) is 6.76. The molecule has 0 saturated heterocycles. The number of carbonyl (C=O) groups excluding carboxylic acids is 1. The SMILES string of the molecule is C=CC(Cl)C(O)CNC(=O)OC(C)(C)C. The fourth-order valence-corrected chi connectivity index (χ4v) is 0.861. The zero-order valence-electron chi connectivity index (χ0n) is 9.29. The second-order valence-corrected chi connectivity index (χ2v) is 4.63.